The number of benzene rings is 1. The number of nitrogens with zero attached hydrogens (tertiary/aromatic N) is 3. The molecule has 5 rings (SSSR count). The third-order valence-corrected chi connectivity index (χ3v) is 9.67. The molecule has 1 fully saturated rings. The second-order valence-electron chi connectivity index (χ2n) is 8.32. The molecule has 33 heavy (non-hydrogen) atoms. The molecule has 0 N–H and O–H groups in total. The van der Waals surface area contributed by atoms with Crippen molar-refractivity contribution in [3.63, 3.8) is 0 Å². The molecule has 12 heteroatoms. The van der Waals surface area contributed by atoms with Gasteiger partial charge in [0.2, 0.25) is 10.0 Å². The van der Waals surface area contributed by atoms with Crippen LogP contribution in [0.15, 0.2) is 40.9 Å². The van der Waals surface area contributed by atoms with E-state index in [0.717, 1.165) is 17.3 Å². The number of pyridine rings is 1. The molecule has 1 spiro atoms. The van der Waals surface area contributed by atoms with Crippen molar-refractivity contribution in [1.82, 2.24) is 9.29 Å². The van der Waals surface area contributed by atoms with Gasteiger partial charge in [-0.2, -0.15) is 17.5 Å². The van der Waals surface area contributed by atoms with Crippen LogP contribution in [0.4, 0.5) is 13.2 Å². The summed E-state index contributed by atoms with van der Waals surface area (Å²) in [5.41, 5.74) is 1.95. The van der Waals surface area contributed by atoms with Gasteiger partial charge in [-0.25, -0.2) is 17.8 Å². The van der Waals surface area contributed by atoms with Crippen molar-refractivity contribution in [3.05, 3.63) is 63.9 Å². The lowest BCUT2D eigenvalue weighted by molar-refractivity contribution is -0.159. The molecule has 2 aromatic rings. The maximum atomic E-state index is 14.2. The number of ether oxygens (including phenoxy) is 1. The minimum Gasteiger partial charge on any atom is -0.363 e. The van der Waals surface area contributed by atoms with Crippen LogP contribution in [-0.4, -0.2) is 48.4 Å². The van der Waals surface area contributed by atoms with E-state index in [0.29, 0.717) is 23.2 Å². The van der Waals surface area contributed by atoms with Gasteiger partial charge in [0.05, 0.1) is 18.1 Å². The number of hydrogen-bond donors (Lipinski definition) is 0. The van der Waals surface area contributed by atoms with E-state index in [2.05, 4.69) is 9.38 Å². The fraction of sp³-hybridized carbons (Fsp3) is 0.429. The molecule has 0 bridgehead atoms. The van der Waals surface area contributed by atoms with Gasteiger partial charge in [0.1, 0.15) is 10.8 Å². The van der Waals surface area contributed by atoms with E-state index >= 15 is 0 Å². The summed E-state index contributed by atoms with van der Waals surface area (Å²) < 4.78 is 76.1. The predicted molar refractivity (Wildman–Crippen MR) is 120 cm³/mol. The van der Waals surface area contributed by atoms with Gasteiger partial charge in [0.25, 0.3) is 0 Å². The molecule has 1 unspecified atom stereocenters. The van der Waals surface area contributed by atoms with Gasteiger partial charge < -0.3 is 4.74 Å². The number of rotatable bonds is 4. The number of halogens is 4. The highest BCUT2D eigenvalue weighted by Gasteiger charge is 2.60. The van der Waals surface area contributed by atoms with Gasteiger partial charge in [-0.05, 0) is 53.3 Å². The van der Waals surface area contributed by atoms with Gasteiger partial charge >= 0.3 is 6.18 Å². The summed E-state index contributed by atoms with van der Waals surface area (Å²) in [5.74, 6) is 0.0243. The summed E-state index contributed by atoms with van der Waals surface area (Å²) in [6.07, 6.45) is -3.74. The van der Waals surface area contributed by atoms with Crippen LogP contribution in [-0.2, 0) is 31.7 Å². The van der Waals surface area contributed by atoms with E-state index < -0.39 is 26.5 Å². The fourth-order valence-electron chi connectivity index (χ4n) is 4.47. The van der Waals surface area contributed by atoms with Crippen molar-refractivity contribution in [3.8, 4) is 0 Å². The normalized spacial score (nSPS) is 24.6. The number of fused-ring (bicyclic) bond motifs is 2. The lowest BCUT2D eigenvalue weighted by atomic mass is 9.85. The maximum Gasteiger partial charge on any atom is 0.409 e. The number of hydrogen-bond acceptors (Lipinski definition) is 6. The number of aromatic nitrogens is 1. The highest BCUT2D eigenvalue weighted by Crippen LogP contribution is 2.56. The van der Waals surface area contributed by atoms with E-state index in [1.54, 1.807) is 19.1 Å². The van der Waals surface area contributed by atoms with Crippen LogP contribution in [0.3, 0.4) is 0 Å². The summed E-state index contributed by atoms with van der Waals surface area (Å²) in [7, 11) is -3.29. The molecular formula is C21H19ClF3N3O3S2. The topological polar surface area (TPSA) is 71.9 Å². The zero-order chi connectivity index (χ0) is 23.6. The molecule has 0 amide bonds. The first-order valence-corrected chi connectivity index (χ1v) is 13.0. The van der Waals surface area contributed by atoms with E-state index in [1.165, 1.54) is 16.4 Å². The van der Waals surface area contributed by atoms with Gasteiger partial charge in [0, 0.05) is 25.7 Å². The quantitative estimate of drug-likeness (QED) is 0.443. The molecule has 6 nitrogen and oxygen atoms in total. The van der Waals surface area contributed by atoms with Crippen molar-refractivity contribution in [2.75, 3.05) is 18.8 Å². The Morgan fingerprint density at radius 2 is 2.00 bits per heavy atom. The largest absolute Gasteiger partial charge is 0.409 e. The summed E-state index contributed by atoms with van der Waals surface area (Å²) in [6.45, 7) is 2.35. The minimum absolute atomic E-state index is 0.00158. The third kappa shape index (κ3) is 3.59. The molecular weight excluding hydrogens is 499 g/mol. The number of sulfonamides is 1. The van der Waals surface area contributed by atoms with Crippen molar-refractivity contribution < 1.29 is 26.3 Å². The Hall–Kier alpha value is -1.66. The molecule has 0 aliphatic carbocycles. The van der Waals surface area contributed by atoms with Gasteiger partial charge in [-0.1, -0.05) is 29.8 Å². The van der Waals surface area contributed by atoms with Gasteiger partial charge in [-0.15, -0.1) is 0 Å². The Kier molecular flexibility index (Phi) is 5.37. The van der Waals surface area contributed by atoms with Crippen LogP contribution < -0.4 is 0 Å². The van der Waals surface area contributed by atoms with E-state index in [9.17, 15) is 21.6 Å². The van der Waals surface area contributed by atoms with Crippen LogP contribution in [0.1, 0.15) is 35.6 Å². The second kappa shape index (κ2) is 7.67. The Morgan fingerprint density at radius 1 is 1.24 bits per heavy atom. The van der Waals surface area contributed by atoms with Crippen LogP contribution in [0.25, 0.3) is 0 Å². The highest BCUT2D eigenvalue weighted by atomic mass is 35.5. The zero-order valence-corrected chi connectivity index (χ0v) is 19.8. The second-order valence-corrected chi connectivity index (χ2v) is 12.0. The third-order valence-electron chi connectivity index (χ3n) is 6.43. The monoisotopic (exact) mass is 517 g/mol. The molecule has 0 saturated carbocycles. The molecule has 3 aliphatic rings. The average molecular weight is 518 g/mol. The molecule has 1 aromatic heterocycles. The van der Waals surface area contributed by atoms with Gasteiger partial charge in [-0.3, -0.25) is 0 Å². The minimum atomic E-state index is -4.55. The van der Waals surface area contributed by atoms with Crippen LogP contribution in [0.5, 0.6) is 0 Å². The summed E-state index contributed by atoms with van der Waals surface area (Å²) in [6, 6.07) is 8.03. The van der Waals surface area contributed by atoms with Crippen LogP contribution in [0.2, 0.25) is 5.15 Å². The SMILES string of the molecule is CCS(=O)(=O)N1CC2(C1)OCc1cc(C3=NSC(c4ccc(Cl)nc4)(C(F)(F)F)C3)ccc12. The molecule has 1 saturated heterocycles. The van der Waals surface area contributed by atoms with Crippen LogP contribution in [0, 0.1) is 0 Å². The molecule has 3 aliphatic heterocycles. The molecule has 176 valence electrons. The van der Waals surface area contributed by atoms with Crippen molar-refractivity contribution in [2.45, 2.75) is 36.5 Å². The van der Waals surface area contributed by atoms with E-state index in [1.807, 2.05) is 6.07 Å². The maximum absolute atomic E-state index is 14.2. The summed E-state index contributed by atoms with van der Waals surface area (Å²) in [4.78, 5) is 3.83. The van der Waals surface area contributed by atoms with E-state index in [-0.39, 0.29) is 42.6 Å². The average Bonchev–Trinajstić information content (AvgIpc) is 3.36. The lowest BCUT2D eigenvalue weighted by Gasteiger charge is -2.46. The Morgan fingerprint density at radius 3 is 2.64 bits per heavy atom. The Bertz CT molecular complexity index is 1250. The molecule has 1 atom stereocenters. The predicted octanol–water partition coefficient (Wildman–Crippen LogP) is 4.42. The first-order valence-electron chi connectivity index (χ1n) is 10.2. The molecule has 1 aromatic carbocycles. The smallest absolute Gasteiger partial charge is 0.363 e. The zero-order valence-electron chi connectivity index (χ0n) is 17.4. The van der Waals surface area contributed by atoms with E-state index in [4.69, 9.17) is 16.3 Å². The molecule has 4 heterocycles. The first kappa shape index (κ1) is 23.1. The van der Waals surface area contributed by atoms with Crippen molar-refractivity contribution in [2.24, 2.45) is 4.40 Å². The highest BCUT2D eigenvalue weighted by molar-refractivity contribution is 7.99. The van der Waals surface area contributed by atoms with Crippen molar-refractivity contribution in [1.29, 1.82) is 0 Å². The Labute approximate surface area is 198 Å². The molecule has 0 radical (unpaired) electrons. The first-order chi connectivity index (χ1) is 15.5. The standard InChI is InChI=1S/C21H19ClF3N3O3S2/c1-2-33(29,30)28-11-19(12-28)16-5-3-13(7-14(16)10-31-19)17-8-20(32-27-17,21(23,24)25)15-4-6-18(22)26-9-15/h3-7,9H,2,8,10-12H2,1H3. The Balaban J connectivity index is 1.40. The van der Waals surface area contributed by atoms with Gasteiger partial charge in [0.15, 0.2) is 4.75 Å². The fourth-order valence-corrected chi connectivity index (χ4v) is 6.72. The summed E-state index contributed by atoms with van der Waals surface area (Å²) >= 11 is 6.25. The van der Waals surface area contributed by atoms with Crippen molar-refractivity contribution >= 4 is 39.3 Å². The number of alkyl halides is 3. The van der Waals surface area contributed by atoms with Crippen LogP contribution >= 0.6 is 23.5 Å². The lowest BCUT2D eigenvalue weighted by Crippen LogP contribution is -2.61. The summed E-state index contributed by atoms with van der Waals surface area (Å²) in [5, 5.41) is 0.120.